The predicted molar refractivity (Wildman–Crippen MR) is 111 cm³/mol. The first-order valence-electron chi connectivity index (χ1n) is 9.82. The average Bonchev–Trinajstić information content (AvgIpc) is 3.08. The summed E-state index contributed by atoms with van der Waals surface area (Å²) in [6.07, 6.45) is 0.673. The molecule has 0 aliphatic carbocycles. The number of methoxy groups -OCH3 is 1. The van der Waals surface area contributed by atoms with Gasteiger partial charge in [0.15, 0.2) is 0 Å². The zero-order valence-electron chi connectivity index (χ0n) is 17.2. The van der Waals surface area contributed by atoms with Gasteiger partial charge in [0.1, 0.15) is 12.4 Å². The van der Waals surface area contributed by atoms with Gasteiger partial charge in [0.2, 0.25) is 5.91 Å². The lowest BCUT2D eigenvalue weighted by Crippen LogP contribution is -2.31. The van der Waals surface area contributed by atoms with E-state index in [0.29, 0.717) is 19.6 Å². The molecule has 0 saturated carbocycles. The number of nitrogens with two attached hydrogens (primary N) is 1. The summed E-state index contributed by atoms with van der Waals surface area (Å²) >= 11 is 0. The second kappa shape index (κ2) is 9.09. The van der Waals surface area contributed by atoms with E-state index in [1.807, 2.05) is 25.1 Å². The van der Waals surface area contributed by atoms with Gasteiger partial charge in [-0.15, -0.1) is 0 Å². The third-order valence-electron chi connectivity index (χ3n) is 5.61. The standard InChI is InChI=1S/C23H28N2O4/c1-14-15(2)21(9-8-20(14)17-6-4-16(12-24)5-7-17)29-13-19-10-18(23(27)25-19)11-22(26)28-3/h4-9,18-19H,10-13,24H2,1-3H3,(H,25,27)/t18-,19-/m0/s1. The second-order valence-electron chi connectivity index (χ2n) is 7.49. The topological polar surface area (TPSA) is 90.7 Å². The lowest BCUT2D eigenvalue weighted by atomic mass is 9.95. The van der Waals surface area contributed by atoms with E-state index in [4.69, 9.17) is 10.5 Å². The molecule has 1 amide bonds. The molecular formula is C23H28N2O4. The highest BCUT2D eigenvalue weighted by Gasteiger charge is 2.34. The van der Waals surface area contributed by atoms with Crippen LogP contribution in [0, 0.1) is 19.8 Å². The molecule has 0 unspecified atom stereocenters. The molecule has 1 saturated heterocycles. The van der Waals surface area contributed by atoms with Crippen LogP contribution in [-0.2, 0) is 20.9 Å². The van der Waals surface area contributed by atoms with E-state index < -0.39 is 0 Å². The lowest BCUT2D eigenvalue weighted by molar-refractivity contribution is -0.143. The molecule has 0 radical (unpaired) electrons. The van der Waals surface area contributed by atoms with Crippen LogP contribution in [0.2, 0.25) is 0 Å². The molecule has 2 aromatic rings. The summed E-state index contributed by atoms with van der Waals surface area (Å²) < 4.78 is 10.7. The molecule has 6 heteroatoms. The van der Waals surface area contributed by atoms with Crippen LogP contribution in [0.3, 0.4) is 0 Å². The summed E-state index contributed by atoms with van der Waals surface area (Å²) in [6.45, 7) is 5.02. The maximum Gasteiger partial charge on any atom is 0.306 e. The van der Waals surface area contributed by atoms with E-state index in [9.17, 15) is 9.59 Å². The first-order valence-corrected chi connectivity index (χ1v) is 9.82. The van der Waals surface area contributed by atoms with E-state index in [1.165, 1.54) is 7.11 Å². The van der Waals surface area contributed by atoms with Crippen molar-refractivity contribution in [3.8, 4) is 16.9 Å². The number of nitrogens with one attached hydrogen (secondary N) is 1. The normalized spacial score (nSPS) is 18.4. The van der Waals surface area contributed by atoms with E-state index in [2.05, 4.69) is 35.2 Å². The van der Waals surface area contributed by atoms with Crippen molar-refractivity contribution in [2.24, 2.45) is 11.7 Å². The van der Waals surface area contributed by atoms with Crippen LogP contribution in [0.5, 0.6) is 5.75 Å². The number of ether oxygens (including phenoxy) is 2. The minimum atomic E-state index is -0.367. The van der Waals surface area contributed by atoms with Crippen molar-refractivity contribution in [1.82, 2.24) is 5.32 Å². The number of hydrogen-bond donors (Lipinski definition) is 2. The van der Waals surface area contributed by atoms with Crippen LogP contribution < -0.4 is 15.8 Å². The van der Waals surface area contributed by atoms with E-state index in [-0.39, 0.29) is 30.3 Å². The molecule has 0 aromatic heterocycles. The third kappa shape index (κ3) is 4.77. The molecule has 0 bridgehead atoms. The summed E-state index contributed by atoms with van der Waals surface area (Å²) in [5, 5.41) is 2.90. The van der Waals surface area contributed by atoms with Crippen molar-refractivity contribution >= 4 is 11.9 Å². The van der Waals surface area contributed by atoms with E-state index in [1.54, 1.807) is 0 Å². The first kappa shape index (κ1) is 20.9. The number of esters is 1. The number of amides is 1. The van der Waals surface area contributed by atoms with Crippen LogP contribution >= 0.6 is 0 Å². The Morgan fingerprint density at radius 3 is 2.52 bits per heavy atom. The molecule has 1 aliphatic rings. The fourth-order valence-electron chi connectivity index (χ4n) is 3.67. The quantitative estimate of drug-likeness (QED) is 0.703. The fraction of sp³-hybridized carbons (Fsp3) is 0.391. The number of rotatable bonds is 7. The maximum atomic E-state index is 12.0. The van der Waals surface area contributed by atoms with Crippen LogP contribution in [0.1, 0.15) is 29.5 Å². The highest BCUT2D eigenvalue weighted by atomic mass is 16.5. The Hall–Kier alpha value is -2.86. The van der Waals surface area contributed by atoms with Crippen LogP contribution in [-0.4, -0.2) is 31.6 Å². The third-order valence-corrected chi connectivity index (χ3v) is 5.61. The average molecular weight is 396 g/mol. The van der Waals surface area contributed by atoms with Gasteiger partial charge in [-0.1, -0.05) is 30.3 Å². The largest absolute Gasteiger partial charge is 0.491 e. The van der Waals surface area contributed by atoms with Crippen molar-refractivity contribution in [2.75, 3.05) is 13.7 Å². The van der Waals surface area contributed by atoms with Gasteiger partial charge < -0.3 is 20.5 Å². The monoisotopic (exact) mass is 396 g/mol. The lowest BCUT2D eigenvalue weighted by Gasteiger charge is -2.17. The van der Waals surface area contributed by atoms with Gasteiger partial charge in [-0.25, -0.2) is 0 Å². The molecule has 1 heterocycles. The van der Waals surface area contributed by atoms with Gasteiger partial charge in [0, 0.05) is 6.54 Å². The van der Waals surface area contributed by atoms with Crippen LogP contribution in [0.15, 0.2) is 36.4 Å². The Morgan fingerprint density at radius 2 is 1.86 bits per heavy atom. The Labute approximate surface area is 171 Å². The molecule has 29 heavy (non-hydrogen) atoms. The van der Waals surface area contributed by atoms with Crippen molar-refractivity contribution in [3.63, 3.8) is 0 Å². The smallest absolute Gasteiger partial charge is 0.306 e. The number of carbonyl (C=O) groups excluding carboxylic acids is 2. The van der Waals surface area contributed by atoms with Crippen molar-refractivity contribution in [2.45, 2.75) is 39.3 Å². The van der Waals surface area contributed by atoms with Gasteiger partial charge in [-0.2, -0.15) is 0 Å². The molecule has 3 N–H and O–H groups in total. The molecule has 2 atom stereocenters. The maximum absolute atomic E-state index is 12.0. The second-order valence-corrected chi connectivity index (χ2v) is 7.49. The minimum absolute atomic E-state index is 0.106. The van der Waals surface area contributed by atoms with Crippen molar-refractivity contribution < 1.29 is 19.1 Å². The molecule has 1 aliphatic heterocycles. The van der Waals surface area contributed by atoms with Gasteiger partial charge in [0.25, 0.3) is 0 Å². The van der Waals surface area contributed by atoms with Gasteiger partial charge in [-0.3, -0.25) is 9.59 Å². The van der Waals surface area contributed by atoms with Gasteiger partial charge in [-0.05, 0) is 54.2 Å². The zero-order valence-corrected chi connectivity index (χ0v) is 17.2. The predicted octanol–water partition coefficient (Wildman–Crippen LogP) is 2.88. The molecule has 3 rings (SSSR count). The summed E-state index contributed by atoms with van der Waals surface area (Å²) in [5.41, 5.74) is 11.3. The van der Waals surface area contributed by atoms with Crippen molar-refractivity contribution in [3.05, 3.63) is 53.1 Å². The highest BCUT2D eigenvalue weighted by Crippen LogP contribution is 2.32. The molecule has 1 fully saturated rings. The van der Waals surface area contributed by atoms with Gasteiger partial charge >= 0.3 is 5.97 Å². The van der Waals surface area contributed by atoms with Gasteiger partial charge in [0.05, 0.1) is 25.5 Å². The Morgan fingerprint density at radius 1 is 1.14 bits per heavy atom. The molecule has 154 valence electrons. The van der Waals surface area contributed by atoms with Crippen LogP contribution in [0.4, 0.5) is 0 Å². The molecular weight excluding hydrogens is 368 g/mol. The van der Waals surface area contributed by atoms with Crippen molar-refractivity contribution in [1.29, 1.82) is 0 Å². The fourth-order valence-corrected chi connectivity index (χ4v) is 3.67. The summed E-state index contributed by atoms with van der Waals surface area (Å²) in [7, 11) is 1.33. The zero-order chi connectivity index (χ0) is 21.0. The molecule has 2 aromatic carbocycles. The number of hydrogen-bond acceptors (Lipinski definition) is 5. The number of carbonyl (C=O) groups is 2. The highest BCUT2D eigenvalue weighted by molar-refractivity contribution is 5.85. The minimum Gasteiger partial charge on any atom is -0.491 e. The summed E-state index contributed by atoms with van der Waals surface area (Å²) in [4.78, 5) is 23.5. The Kier molecular flexibility index (Phi) is 6.54. The number of benzene rings is 2. The molecule has 6 nitrogen and oxygen atoms in total. The van der Waals surface area contributed by atoms with E-state index in [0.717, 1.165) is 33.6 Å². The summed E-state index contributed by atoms with van der Waals surface area (Å²) in [6, 6.07) is 12.2. The Balaban J connectivity index is 1.65. The SMILES string of the molecule is COC(=O)C[C@@H]1C[C@@H](COc2ccc(-c3ccc(CN)cc3)c(C)c2C)NC1=O. The first-order chi connectivity index (χ1) is 13.9. The summed E-state index contributed by atoms with van der Waals surface area (Å²) in [5.74, 6) is -0.0327. The van der Waals surface area contributed by atoms with E-state index >= 15 is 0 Å². The molecule has 0 spiro atoms. The Bertz CT molecular complexity index is 892. The van der Waals surface area contributed by atoms with Crippen LogP contribution in [0.25, 0.3) is 11.1 Å².